The second kappa shape index (κ2) is 6.06. The Morgan fingerprint density at radius 1 is 1.35 bits per heavy atom. The normalized spacial score (nSPS) is 14.5. The Morgan fingerprint density at radius 3 is 2.77 bits per heavy atom. The van der Waals surface area contributed by atoms with Gasteiger partial charge in [-0.05, 0) is 31.9 Å². The van der Waals surface area contributed by atoms with Gasteiger partial charge in [-0.15, -0.1) is 16.4 Å². The molecule has 0 saturated heterocycles. The molecule has 3 heterocycles. The van der Waals surface area contributed by atoms with Crippen LogP contribution in [0.25, 0.3) is 10.7 Å². The van der Waals surface area contributed by atoms with Crippen molar-refractivity contribution in [3.8, 4) is 10.7 Å². The minimum atomic E-state index is -3.24. The molecule has 0 aliphatic heterocycles. The summed E-state index contributed by atoms with van der Waals surface area (Å²) in [7, 11) is -3.24. The average Bonchev–Trinajstić information content (AvgIpc) is 3.14. The van der Waals surface area contributed by atoms with E-state index < -0.39 is 9.84 Å². The zero-order valence-corrected chi connectivity index (χ0v) is 15.9. The maximum absolute atomic E-state index is 11.7. The van der Waals surface area contributed by atoms with Crippen LogP contribution in [-0.4, -0.2) is 34.5 Å². The van der Waals surface area contributed by atoms with E-state index in [4.69, 9.17) is 5.84 Å². The van der Waals surface area contributed by atoms with Crippen molar-refractivity contribution in [3.05, 3.63) is 35.7 Å². The fourth-order valence-electron chi connectivity index (χ4n) is 2.60. The van der Waals surface area contributed by atoms with E-state index in [1.165, 1.54) is 11.0 Å². The molecule has 0 aromatic carbocycles. The van der Waals surface area contributed by atoms with E-state index in [-0.39, 0.29) is 0 Å². The lowest BCUT2D eigenvalue weighted by Gasteiger charge is -2.07. The number of nitrogens with one attached hydrogen (secondary N) is 1. The van der Waals surface area contributed by atoms with E-state index >= 15 is 0 Å². The molecule has 1 fully saturated rings. The number of nitrogens with zero attached hydrogens (tertiary/aromatic N) is 4. The summed E-state index contributed by atoms with van der Waals surface area (Å²) in [4.78, 5) is 11.0. The highest BCUT2D eigenvalue weighted by atomic mass is 32.2. The standard InChI is InChI=1S/C16H18N6O2S2/c1-9-8-18-16(12-5-6-14(25-12)26(2,23)24)20-15(9)19-13-7-11(10-3-4-10)22(17)21-13/h5-8,10H,3-4,17H2,1-2H3,(H,18,19,20,21). The number of anilines is 2. The lowest BCUT2D eigenvalue weighted by Crippen LogP contribution is -2.13. The van der Waals surface area contributed by atoms with Crippen LogP contribution < -0.4 is 11.2 Å². The first kappa shape index (κ1) is 17.0. The summed E-state index contributed by atoms with van der Waals surface area (Å²) in [5.41, 5.74) is 1.86. The minimum absolute atomic E-state index is 0.294. The summed E-state index contributed by atoms with van der Waals surface area (Å²) < 4.78 is 23.6. The highest BCUT2D eigenvalue weighted by Crippen LogP contribution is 2.40. The molecule has 3 aromatic rings. The van der Waals surface area contributed by atoms with Crippen molar-refractivity contribution in [3.63, 3.8) is 0 Å². The molecule has 136 valence electrons. The van der Waals surface area contributed by atoms with Gasteiger partial charge in [-0.2, -0.15) is 4.79 Å². The van der Waals surface area contributed by atoms with Crippen LogP contribution in [0, 0.1) is 6.92 Å². The van der Waals surface area contributed by atoms with Crippen molar-refractivity contribution in [2.75, 3.05) is 17.4 Å². The van der Waals surface area contributed by atoms with Crippen molar-refractivity contribution < 1.29 is 8.42 Å². The maximum Gasteiger partial charge on any atom is 0.184 e. The van der Waals surface area contributed by atoms with Crippen molar-refractivity contribution >= 4 is 32.8 Å². The molecule has 1 saturated carbocycles. The van der Waals surface area contributed by atoms with E-state index in [0.29, 0.717) is 32.5 Å². The number of nitrogens with two attached hydrogens (primary N) is 1. The molecule has 0 spiro atoms. The topological polar surface area (TPSA) is 116 Å². The molecule has 8 nitrogen and oxygen atoms in total. The molecule has 0 atom stereocenters. The van der Waals surface area contributed by atoms with Gasteiger partial charge in [0.1, 0.15) is 10.0 Å². The Hall–Kier alpha value is -2.46. The van der Waals surface area contributed by atoms with Crippen LogP contribution in [0.15, 0.2) is 28.6 Å². The van der Waals surface area contributed by atoms with Gasteiger partial charge in [0, 0.05) is 30.0 Å². The van der Waals surface area contributed by atoms with Gasteiger partial charge in [0.25, 0.3) is 0 Å². The van der Waals surface area contributed by atoms with Gasteiger partial charge < -0.3 is 11.2 Å². The van der Waals surface area contributed by atoms with E-state index in [9.17, 15) is 8.42 Å². The molecule has 1 aliphatic rings. The second-order valence-corrected chi connectivity index (χ2v) is 9.74. The summed E-state index contributed by atoms with van der Waals surface area (Å²) >= 11 is 1.15. The molecule has 26 heavy (non-hydrogen) atoms. The largest absolute Gasteiger partial charge is 0.323 e. The fraction of sp³-hybridized carbons (Fsp3) is 0.312. The predicted octanol–water partition coefficient (Wildman–Crippen LogP) is 2.45. The first-order chi connectivity index (χ1) is 12.3. The number of nitrogen functional groups attached to an aromatic ring is 1. The quantitative estimate of drug-likeness (QED) is 0.643. The summed E-state index contributed by atoms with van der Waals surface area (Å²) in [6, 6.07) is 5.23. The molecular formula is C16H18N6O2S2. The molecule has 0 amide bonds. The Bertz CT molecular complexity index is 1080. The number of hydrogen-bond acceptors (Lipinski definition) is 8. The number of aryl methyl sites for hydroxylation is 1. The average molecular weight is 390 g/mol. The van der Waals surface area contributed by atoms with E-state index in [0.717, 1.165) is 35.4 Å². The van der Waals surface area contributed by atoms with Crippen LogP contribution in [0.2, 0.25) is 0 Å². The molecular weight excluding hydrogens is 372 g/mol. The van der Waals surface area contributed by atoms with Gasteiger partial charge in [0.2, 0.25) is 0 Å². The van der Waals surface area contributed by atoms with Gasteiger partial charge in [-0.1, -0.05) is 0 Å². The van der Waals surface area contributed by atoms with Crippen molar-refractivity contribution in [2.45, 2.75) is 29.9 Å². The molecule has 0 radical (unpaired) electrons. The first-order valence-electron chi connectivity index (χ1n) is 8.07. The van der Waals surface area contributed by atoms with Crippen molar-refractivity contribution in [2.24, 2.45) is 0 Å². The van der Waals surface area contributed by atoms with E-state index in [1.807, 2.05) is 13.0 Å². The number of sulfone groups is 1. The SMILES string of the molecule is Cc1cnc(-c2ccc(S(C)(=O)=O)s2)nc1Nc1cc(C2CC2)n(N)n1. The number of thiophene rings is 1. The monoisotopic (exact) mass is 390 g/mol. The lowest BCUT2D eigenvalue weighted by atomic mass is 10.3. The molecule has 10 heteroatoms. The summed E-state index contributed by atoms with van der Waals surface area (Å²) in [5, 5.41) is 7.48. The highest BCUT2D eigenvalue weighted by molar-refractivity contribution is 7.92. The van der Waals surface area contributed by atoms with Crippen molar-refractivity contribution in [1.82, 2.24) is 19.9 Å². The summed E-state index contributed by atoms with van der Waals surface area (Å²) in [5.74, 6) is 8.12. The second-order valence-electron chi connectivity index (χ2n) is 6.41. The Morgan fingerprint density at radius 2 is 2.12 bits per heavy atom. The van der Waals surface area contributed by atoms with Crippen LogP contribution in [0.5, 0.6) is 0 Å². The van der Waals surface area contributed by atoms with Crippen LogP contribution >= 0.6 is 11.3 Å². The molecule has 0 bridgehead atoms. The van der Waals surface area contributed by atoms with Gasteiger partial charge in [-0.3, -0.25) is 0 Å². The smallest absolute Gasteiger partial charge is 0.184 e. The van der Waals surface area contributed by atoms with E-state index in [1.54, 1.807) is 18.3 Å². The molecule has 1 aliphatic carbocycles. The number of hydrogen-bond donors (Lipinski definition) is 2. The number of aromatic nitrogens is 4. The minimum Gasteiger partial charge on any atom is -0.323 e. The number of rotatable bonds is 5. The Labute approximate surface area is 155 Å². The van der Waals surface area contributed by atoms with E-state index in [2.05, 4.69) is 20.4 Å². The molecule has 4 rings (SSSR count). The molecule has 3 aromatic heterocycles. The van der Waals surface area contributed by atoms with Crippen LogP contribution in [0.1, 0.15) is 30.0 Å². The van der Waals surface area contributed by atoms with Gasteiger partial charge in [0.05, 0.1) is 10.6 Å². The zero-order valence-electron chi connectivity index (χ0n) is 14.3. The molecule has 0 unspecified atom stereocenters. The zero-order chi connectivity index (χ0) is 18.5. The van der Waals surface area contributed by atoms with Gasteiger partial charge in [0.15, 0.2) is 21.5 Å². The van der Waals surface area contributed by atoms with Crippen LogP contribution in [-0.2, 0) is 9.84 Å². The fourth-order valence-corrected chi connectivity index (χ4v) is 4.47. The predicted molar refractivity (Wildman–Crippen MR) is 101 cm³/mol. The highest BCUT2D eigenvalue weighted by Gasteiger charge is 2.28. The van der Waals surface area contributed by atoms with Gasteiger partial charge >= 0.3 is 0 Å². The first-order valence-corrected chi connectivity index (χ1v) is 10.8. The lowest BCUT2D eigenvalue weighted by molar-refractivity contribution is 0.604. The van der Waals surface area contributed by atoms with Gasteiger partial charge in [-0.25, -0.2) is 18.4 Å². The summed E-state index contributed by atoms with van der Waals surface area (Å²) in [6.07, 6.45) is 5.16. The van der Waals surface area contributed by atoms with Crippen molar-refractivity contribution in [1.29, 1.82) is 0 Å². The Kier molecular flexibility index (Phi) is 3.96. The van der Waals surface area contributed by atoms with Crippen LogP contribution in [0.4, 0.5) is 11.6 Å². The maximum atomic E-state index is 11.7. The molecule has 3 N–H and O–H groups in total. The van der Waals surface area contributed by atoms with Crippen LogP contribution in [0.3, 0.4) is 0 Å². The third kappa shape index (κ3) is 3.29. The third-order valence-corrected chi connectivity index (χ3v) is 7.05. The summed E-state index contributed by atoms with van der Waals surface area (Å²) in [6.45, 7) is 1.89. The third-order valence-electron chi connectivity index (χ3n) is 4.15. The Balaban J connectivity index is 1.64.